The van der Waals surface area contributed by atoms with Crippen molar-refractivity contribution in [1.29, 1.82) is 0 Å². The molecule has 4 heteroatoms. The van der Waals surface area contributed by atoms with Crippen molar-refractivity contribution in [2.45, 2.75) is 6.04 Å². The van der Waals surface area contributed by atoms with Gasteiger partial charge in [0.05, 0.1) is 6.04 Å². The molecule has 1 heterocycles. The number of nitrogens with two attached hydrogens (primary N) is 2. The third-order valence-corrected chi connectivity index (χ3v) is 2.70. The number of aromatic nitrogens is 1. The fourth-order valence-electron chi connectivity index (χ4n) is 1.53. The van der Waals surface area contributed by atoms with Crippen LogP contribution in [0.4, 0.5) is 5.69 Å². The molecule has 0 amide bonds. The number of rotatable bonds is 2. The summed E-state index contributed by atoms with van der Waals surface area (Å²) in [4.78, 5) is 4.02. The van der Waals surface area contributed by atoms with E-state index in [1.54, 1.807) is 18.5 Å². The molecule has 0 aliphatic heterocycles. The Balaban J connectivity index is 2.35. The summed E-state index contributed by atoms with van der Waals surface area (Å²) in [6.45, 7) is 0. The molecule has 1 unspecified atom stereocenters. The number of anilines is 1. The van der Waals surface area contributed by atoms with Crippen LogP contribution in [0.2, 0.25) is 5.02 Å². The van der Waals surface area contributed by atoms with Crippen molar-refractivity contribution in [3.8, 4) is 0 Å². The first kappa shape index (κ1) is 10.9. The number of benzene rings is 1. The van der Waals surface area contributed by atoms with E-state index in [9.17, 15) is 0 Å². The molecule has 16 heavy (non-hydrogen) atoms. The van der Waals surface area contributed by atoms with E-state index >= 15 is 0 Å². The van der Waals surface area contributed by atoms with Gasteiger partial charge in [0.2, 0.25) is 0 Å². The third-order valence-electron chi connectivity index (χ3n) is 2.45. The monoisotopic (exact) mass is 233 g/mol. The third kappa shape index (κ3) is 2.15. The molecule has 4 N–H and O–H groups in total. The molecule has 0 saturated carbocycles. The van der Waals surface area contributed by atoms with Crippen molar-refractivity contribution in [1.82, 2.24) is 4.98 Å². The normalized spacial score (nSPS) is 12.4. The van der Waals surface area contributed by atoms with E-state index in [0.29, 0.717) is 10.7 Å². The summed E-state index contributed by atoms with van der Waals surface area (Å²) in [6.07, 6.45) is 3.34. The molecule has 0 radical (unpaired) electrons. The Morgan fingerprint density at radius 1 is 1.12 bits per heavy atom. The van der Waals surface area contributed by atoms with Gasteiger partial charge >= 0.3 is 0 Å². The standard InChI is InChI=1S/C12H12ClN3/c13-9-3-1-8(2-4-9)12(15)10-7-16-6-5-11(10)14/h1-7,12H,15H2,(H2,14,16). The minimum atomic E-state index is -0.272. The number of hydrogen-bond donors (Lipinski definition) is 2. The van der Waals surface area contributed by atoms with Crippen molar-refractivity contribution in [3.63, 3.8) is 0 Å². The molecular weight excluding hydrogens is 222 g/mol. The van der Waals surface area contributed by atoms with Gasteiger partial charge in [-0.05, 0) is 23.8 Å². The molecule has 0 bridgehead atoms. The maximum atomic E-state index is 6.10. The van der Waals surface area contributed by atoms with Gasteiger partial charge in [0, 0.05) is 28.7 Å². The Kier molecular flexibility index (Phi) is 3.08. The van der Waals surface area contributed by atoms with E-state index < -0.39 is 0 Å². The van der Waals surface area contributed by atoms with E-state index in [-0.39, 0.29) is 6.04 Å². The summed E-state index contributed by atoms with van der Waals surface area (Å²) >= 11 is 5.82. The molecule has 0 aliphatic carbocycles. The Morgan fingerprint density at radius 3 is 2.44 bits per heavy atom. The molecule has 0 fully saturated rings. The molecule has 1 aromatic heterocycles. The van der Waals surface area contributed by atoms with Gasteiger partial charge in [-0.25, -0.2) is 0 Å². The second-order valence-electron chi connectivity index (χ2n) is 3.53. The van der Waals surface area contributed by atoms with E-state index in [0.717, 1.165) is 11.1 Å². The SMILES string of the molecule is Nc1ccncc1C(N)c1ccc(Cl)cc1. The van der Waals surface area contributed by atoms with Gasteiger partial charge in [0.15, 0.2) is 0 Å². The van der Waals surface area contributed by atoms with E-state index in [1.807, 2.05) is 24.3 Å². The van der Waals surface area contributed by atoms with Crippen molar-refractivity contribution >= 4 is 17.3 Å². The average molecular weight is 234 g/mol. The number of nitrogens with zero attached hydrogens (tertiary/aromatic N) is 1. The maximum Gasteiger partial charge on any atom is 0.0587 e. The molecule has 82 valence electrons. The van der Waals surface area contributed by atoms with Gasteiger partial charge < -0.3 is 11.5 Å². The first-order valence-corrected chi connectivity index (χ1v) is 5.26. The Hall–Kier alpha value is -1.58. The van der Waals surface area contributed by atoms with E-state index in [1.165, 1.54) is 0 Å². The van der Waals surface area contributed by atoms with Crippen molar-refractivity contribution in [2.24, 2.45) is 5.73 Å². The zero-order valence-corrected chi connectivity index (χ0v) is 9.35. The predicted octanol–water partition coefficient (Wildman–Crippen LogP) is 2.37. The van der Waals surface area contributed by atoms with Gasteiger partial charge in [-0.3, -0.25) is 4.98 Å². The summed E-state index contributed by atoms with van der Waals surface area (Å²) < 4.78 is 0. The smallest absolute Gasteiger partial charge is 0.0587 e. The Labute approximate surface area is 99.1 Å². The lowest BCUT2D eigenvalue weighted by atomic mass is 10.00. The van der Waals surface area contributed by atoms with Crippen LogP contribution in [0.15, 0.2) is 42.7 Å². The van der Waals surface area contributed by atoms with Crippen LogP contribution in [-0.4, -0.2) is 4.98 Å². The average Bonchev–Trinajstić information content (AvgIpc) is 2.30. The van der Waals surface area contributed by atoms with Crippen LogP contribution in [0.25, 0.3) is 0 Å². The van der Waals surface area contributed by atoms with E-state index in [2.05, 4.69) is 4.98 Å². The first-order chi connectivity index (χ1) is 7.68. The van der Waals surface area contributed by atoms with Crippen LogP contribution in [-0.2, 0) is 0 Å². The highest BCUT2D eigenvalue weighted by Gasteiger charge is 2.11. The van der Waals surface area contributed by atoms with Gasteiger partial charge in [-0.15, -0.1) is 0 Å². The van der Waals surface area contributed by atoms with Crippen LogP contribution in [0, 0.1) is 0 Å². The van der Waals surface area contributed by atoms with E-state index in [4.69, 9.17) is 23.1 Å². The quantitative estimate of drug-likeness (QED) is 0.837. The molecule has 2 rings (SSSR count). The number of halogens is 1. The molecule has 2 aromatic rings. The van der Waals surface area contributed by atoms with Crippen molar-refractivity contribution in [3.05, 3.63) is 58.9 Å². The molecule has 1 aromatic carbocycles. The summed E-state index contributed by atoms with van der Waals surface area (Å²) in [5, 5.41) is 0.690. The zero-order chi connectivity index (χ0) is 11.5. The summed E-state index contributed by atoms with van der Waals surface area (Å²) in [5.41, 5.74) is 14.4. The molecule has 0 spiro atoms. The fourth-order valence-corrected chi connectivity index (χ4v) is 1.65. The lowest BCUT2D eigenvalue weighted by Gasteiger charge is -2.14. The largest absolute Gasteiger partial charge is 0.398 e. The summed E-state index contributed by atoms with van der Waals surface area (Å²) in [7, 11) is 0. The highest BCUT2D eigenvalue weighted by molar-refractivity contribution is 6.30. The van der Waals surface area contributed by atoms with Crippen molar-refractivity contribution < 1.29 is 0 Å². The zero-order valence-electron chi connectivity index (χ0n) is 8.60. The number of hydrogen-bond acceptors (Lipinski definition) is 3. The van der Waals surface area contributed by atoms with Crippen LogP contribution in [0.5, 0.6) is 0 Å². The second kappa shape index (κ2) is 4.51. The van der Waals surface area contributed by atoms with Crippen LogP contribution < -0.4 is 11.5 Å². The lowest BCUT2D eigenvalue weighted by Crippen LogP contribution is -2.14. The Morgan fingerprint density at radius 2 is 1.81 bits per heavy atom. The highest BCUT2D eigenvalue weighted by Crippen LogP contribution is 2.24. The number of pyridine rings is 1. The van der Waals surface area contributed by atoms with Gasteiger partial charge in [0.1, 0.15) is 0 Å². The Bertz CT molecular complexity index is 482. The molecule has 0 saturated heterocycles. The predicted molar refractivity (Wildman–Crippen MR) is 66.1 cm³/mol. The molecule has 3 nitrogen and oxygen atoms in total. The molecule has 1 atom stereocenters. The van der Waals surface area contributed by atoms with Crippen LogP contribution in [0.1, 0.15) is 17.2 Å². The minimum absolute atomic E-state index is 0.272. The molecule has 0 aliphatic rings. The summed E-state index contributed by atoms with van der Waals surface area (Å²) in [5.74, 6) is 0. The van der Waals surface area contributed by atoms with Gasteiger partial charge in [0.25, 0.3) is 0 Å². The maximum absolute atomic E-state index is 6.10. The first-order valence-electron chi connectivity index (χ1n) is 4.89. The topological polar surface area (TPSA) is 64.9 Å². The number of nitrogen functional groups attached to an aromatic ring is 1. The van der Waals surface area contributed by atoms with Crippen LogP contribution >= 0.6 is 11.6 Å². The minimum Gasteiger partial charge on any atom is -0.398 e. The lowest BCUT2D eigenvalue weighted by molar-refractivity contribution is 0.866. The van der Waals surface area contributed by atoms with Gasteiger partial charge in [-0.2, -0.15) is 0 Å². The summed E-state index contributed by atoms with van der Waals surface area (Å²) in [6, 6.07) is 8.86. The second-order valence-corrected chi connectivity index (χ2v) is 3.97. The molecular formula is C12H12ClN3. The fraction of sp³-hybridized carbons (Fsp3) is 0.0833. The highest BCUT2D eigenvalue weighted by atomic mass is 35.5. The van der Waals surface area contributed by atoms with Gasteiger partial charge in [-0.1, -0.05) is 23.7 Å². The van der Waals surface area contributed by atoms with Crippen LogP contribution in [0.3, 0.4) is 0 Å². The van der Waals surface area contributed by atoms with Crippen molar-refractivity contribution in [2.75, 3.05) is 5.73 Å².